The Morgan fingerprint density at radius 3 is 2.52 bits per heavy atom. The van der Waals surface area contributed by atoms with Crippen molar-refractivity contribution in [3.05, 3.63) is 57.9 Å². The first-order valence-electron chi connectivity index (χ1n) is 9.32. The summed E-state index contributed by atoms with van der Waals surface area (Å²) in [4.78, 5) is 38.9. The molecule has 2 heterocycles. The van der Waals surface area contributed by atoms with Crippen molar-refractivity contribution >= 4 is 28.8 Å². The Hall–Kier alpha value is -3.20. The van der Waals surface area contributed by atoms with Crippen molar-refractivity contribution in [2.75, 3.05) is 18.4 Å². The van der Waals surface area contributed by atoms with E-state index >= 15 is 0 Å². The largest absolute Gasteiger partial charge is 0.437 e. The monoisotopic (exact) mass is 414 g/mol. The molecule has 9 heteroatoms. The van der Waals surface area contributed by atoms with Gasteiger partial charge in [0.1, 0.15) is 0 Å². The van der Waals surface area contributed by atoms with Crippen LogP contribution in [-0.2, 0) is 11.3 Å². The van der Waals surface area contributed by atoms with Crippen molar-refractivity contribution in [2.24, 2.45) is 0 Å². The van der Waals surface area contributed by atoms with Crippen LogP contribution in [0.15, 0.2) is 51.0 Å². The molecule has 0 aliphatic carbocycles. The molecule has 3 rings (SSSR count). The number of rotatable bonds is 8. The molecule has 8 nitrogen and oxygen atoms in total. The summed E-state index contributed by atoms with van der Waals surface area (Å²) >= 11 is 1.42. The lowest BCUT2D eigenvalue weighted by molar-refractivity contribution is -0.116. The van der Waals surface area contributed by atoms with E-state index in [1.807, 2.05) is 31.4 Å². The number of nitrogens with zero attached hydrogens (tertiary/aromatic N) is 3. The number of hydrogen-bond donors (Lipinski definition) is 1. The molecule has 152 valence electrons. The van der Waals surface area contributed by atoms with Gasteiger partial charge < -0.3 is 14.6 Å². The average Bonchev–Trinajstić information content (AvgIpc) is 3.37. The predicted octanol–water partition coefficient (Wildman–Crippen LogP) is 3.08. The standard InChI is InChI=1S/C20H22N4O4S/c1-3-23(4-2)19(26)14-7-9-15(10-8-14)21-17(25)11-12-24-20(27)28-18(22-24)16-6-5-13-29-16/h5-10,13H,3-4,11-12H2,1-2H3,(H,21,25). The van der Waals surface area contributed by atoms with Gasteiger partial charge in [0, 0.05) is 30.8 Å². The Balaban J connectivity index is 1.56. The molecule has 1 N–H and O–H groups in total. The van der Waals surface area contributed by atoms with E-state index in [0.29, 0.717) is 24.3 Å². The first-order valence-corrected chi connectivity index (χ1v) is 10.2. The SMILES string of the molecule is CCN(CC)C(=O)c1ccc(NC(=O)CCn2nc(-c3cccs3)oc2=O)cc1. The third-order valence-electron chi connectivity index (χ3n) is 4.36. The maximum atomic E-state index is 12.3. The van der Waals surface area contributed by atoms with Crippen LogP contribution in [0.3, 0.4) is 0 Å². The average molecular weight is 414 g/mol. The Bertz CT molecular complexity index is 1020. The van der Waals surface area contributed by atoms with E-state index in [2.05, 4.69) is 10.4 Å². The summed E-state index contributed by atoms with van der Waals surface area (Å²) < 4.78 is 6.26. The second kappa shape index (κ2) is 9.33. The van der Waals surface area contributed by atoms with Gasteiger partial charge in [0.2, 0.25) is 5.91 Å². The van der Waals surface area contributed by atoms with Crippen LogP contribution in [-0.4, -0.2) is 39.6 Å². The molecule has 0 bridgehead atoms. The molecular formula is C20H22N4O4S. The van der Waals surface area contributed by atoms with Crippen LogP contribution in [0.25, 0.3) is 10.8 Å². The molecule has 1 aromatic carbocycles. The molecule has 3 aromatic rings. The molecule has 0 aliphatic rings. The third-order valence-corrected chi connectivity index (χ3v) is 5.21. The molecule has 0 saturated carbocycles. The van der Waals surface area contributed by atoms with E-state index in [0.717, 1.165) is 9.56 Å². The molecule has 0 radical (unpaired) electrons. The quantitative estimate of drug-likeness (QED) is 0.611. The molecule has 0 unspecified atom stereocenters. The summed E-state index contributed by atoms with van der Waals surface area (Å²) in [7, 11) is 0. The molecular weight excluding hydrogens is 392 g/mol. The van der Waals surface area contributed by atoms with Crippen LogP contribution in [0.2, 0.25) is 0 Å². The van der Waals surface area contributed by atoms with Gasteiger partial charge in [-0.15, -0.1) is 16.4 Å². The zero-order valence-corrected chi connectivity index (χ0v) is 17.1. The molecule has 0 atom stereocenters. The highest BCUT2D eigenvalue weighted by Gasteiger charge is 2.14. The minimum atomic E-state index is -0.597. The summed E-state index contributed by atoms with van der Waals surface area (Å²) in [5, 5.41) is 8.74. The van der Waals surface area contributed by atoms with Gasteiger partial charge in [-0.3, -0.25) is 9.59 Å². The van der Waals surface area contributed by atoms with Crippen molar-refractivity contribution in [1.82, 2.24) is 14.7 Å². The maximum absolute atomic E-state index is 12.3. The zero-order valence-electron chi connectivity index (χ0n) is 16.3. The van der Waals surface area contributed by atoms with E-state index in [4.69, 9.17) is 4.42 Å². The van der Waals surface area contributed by atoms with Gasteiger partial charge in [-0.25, -0.2) is 4.79 Å². The van der Waals surface area contributed by atoms with E-state index in [-0.39, 0.29) is 30.7 Å². The van der Waals surface area contributed by atoms with Gasteiger partial charge in [-0.1, -0.05) is 6.07 Å². The van der Waals surface area contributed by atoms with Gasteiger partial charge in [-0.05, 0) is 49.6 Å². The van der Waals surface area contributed by atoms with E-state index < -0.39 is 5.76 Å². The molecule has 2 aromatic heterocycles. The zero-order chi connectivity index (χ0) is 20.8. The van der Waals surface area contributed by atoms with Gasteiger partial charge in [0.15, 0.2) is 0 Å². The fourth-order valence-corrected chi connectivity index (χ4v) is 3.41. The van der Waals surface area contributed by atoms with Gasteiger partial charge in [0.25, 0.3) is 11.8 Å². The van der Waals surface area contributed by atoms with E-state index in [1.54, 1.807) is 29.2 Å². The molecule has 29 heavy (non-hydrogen) atoms. The highest BCUT2D eigenvalue weighted by molar-refractivity contribution is 7.13. The number of carbonyl (C=O) groups is 2. The molecule has 0 saturated heterocycles. The van der Waals surface area contributed by atoms with E-state index in [9.17, 15) is 14.4 Å². The number of nitrogens with one attached hydrogen (secondary N) is 1. The van der Waals surface area contributed by atoms with Crippen molar-refractivity contribution in [2.45, 2.75) is 26.8 Å². The highest BCUT2D eigenvalue weighted by atomic mass is 32.1. The van der Waals surface area contributed by atoms with Crippen LogP contribution in [0.4, 0.5) is 5.69 Å². The summed E-state index contributed by atoms with van der Waals surface area (Å²) in [6.07, 6.45) is 0.0659. The van der Waals surface area contributed by atoms with Crippen molar-refractivity contribution in [1.29, 1.82) is 0 Å². The fraction of sp³-hybridized carbons (Fsp3) is 0.300. The van der Waals surface area contributed by atoms with Crippen molar-refractivity contribution in [3.63, 3.8) is 0 Å². The summed E-state index contributed by atoms with van der Waals surface area (Å²) in [5.74, 6) is -0.653. The molecule has 0 fully saturated rings. The Kier molecular flexibility index (Phi) is 6.61. The number of thiophene rings is 1. The van der Waals surface area contributed by atoms with E-state index in [1.165, 1.54) is 11.3 Å². The number of anilines is 1. The summed E-state index contributed by atoms with van der Waals surface area (Å²) in [6, 6.07) is 10.4. The van der Waals surface area contributed by atoms with Gasteiger partial charge >= 0.3 is 5.76 Å². The Morgan fingerprint density at radius 1 is 1.17 bits per heavy atom. The highest BCUT2D eigenvalue weighted by Crippen LogP contribution is 2.21. The number of aromatic nitrogens is 2. The van der Waals surface area contributed by atoms with Crippen LogP contribution in [0.1, 0.15) is 30.6 Å². The molecule has 0 aliphatic heterocycles. The predicted molar refractivity (Wildman–Crippen MR) is 111 cm³/mol. The lowest BCUT2D eigenvalue weighted by Crippen LogP contribution is -2.30. The first kappa shape index (κ1) is 20.5. The normalized spacial score (nSPS) is 10.7. The fourth-order valence-electron chi connectivity index (χ4n) is 2.77. The summed E-state index contributed by atoms with van der Waals surface area (Å²) in [5.41, 5.74) is 1.15. The second-order valence-corrected chi connectivity index (χ2v) is 7.17. The Morgan fingerprint density at radius 2 is 1.90 bits per heavy atom. The second-order valence-electron chi connectivity index (χ2n) is 6.23. The number of aryl methyl sites for hydroxylation is 1. The lowest BCUT2D eigenvalue weighted by Gasteiger charge is -2.18. The van der Waals surface area contributed by atoms with Gasteiger partial charge in [0.05, 0.1) is 11.4 Å². The number of amides is 2. The number of benzene rings is 1. The van der Waals surface area contributed by atoms with Crippen LogP contribution in [0, 0.1) is 0 Å². The van der Waals surface area contributed by atoms with Crippen LogP contribution < -0.4 is 11.1 Å². The minimum Gasteiger partial charge on any atom is -0.387 e. The van der Waals surface area contributed by atoms with Crippen molar-refractivity contribution in [3.8, 4) is 10.8 Å². The summed E-state index contributed by atoms with van der Waals surface area (Å²) in [6.45, 7) is 5.25. The lowest BCUT2D eigenvalue weighted by atomic mass is 10.1. The van der Waals surface area contributed by atoms with Crippen LogP contribution in [0.5, 0.6) is 0 Å². The minimum absolute atomic E-state index is 0.0418. The maximum Gasteiger partial charge on any atom is 0.437 e. The van der Waals surface area contributed by atoms with Crippen molar-refractivity contribution < 1.29 is 14.0 Å². The Labute approximate surface area is 171 Å². The topological polar surface area (TPSA) is 97.4 Å². The third kappa shape index (κ3) is 5.00. The van der Waals surface area contributed by atoms with Crippen LogP contribution >= 0.6 is 11.3 Å². The van der Waals surface area contributed by atoms with Gasteiger partial charge in [-0.2, -0.15) is 4.68 Å². The number of hydrogen-bond acceptors (Lipinski definition) is 6. The smallest absolute Gasteiger partial charge is 0.387 e. The molecule has 2 amide bonds. The molecule has 0 spiro atoms. The number of carbonyl (C=O) groups excluding carboxylic acids is 2. The first-order chi connectivity index (χ1) is 14.0.